The van der Waals surface area contributed by atoms with E-state index in [9.17, 15) is 5.11 Å². The van der Waals surface area contributed by atoms with Crippen molar-refractivity contribution in [3.63, 3.8) is 0 Å². The Bertz CT molecular complexity index is 552. The first kappa shape index (κ1) is 17.1. The summed E-state index contributed by atoms with van der Waals surface area (Å²) in [5.41, 5.74) is 0.642. The molecule has 1 aromatic heterocycles. The summed E-state index contributed by atoms with van der Waals surface area (Å²) in [6.45, 7) is 4.53. The maximum atomic E-state index is 9.18. The third-order valence-corrected chi connectivity index (χ3v) is 3.14. The smallest absolute Gasteiger partial charge is 0.134 e. The van der Waals surface area contributed by atoms with E-state index in [1.54, 1.807) is 0 Å². The first-order chi connectivity index (χ1) is 9.00. The number of benzene rings is 1. The fraction of sp³-hybridized carbons (Fsp3) is 0.333. The maximum Gasteiger partial charge on any atom is 0.134 e. The quantitative estimate of drug-likeness (QED) is 0.880. The van der Waals surface area contributed by atoms with Gasteiger partial charge in [0.25, 0.3) is 0 Å². The van der Waals surface area contributed by atoms with E-state index >= 15 is 0 Å². The van der Waals surface area contributed by atoms with Crippen LogP contribution in [0.1, 0.15) is 19.6 Å². The Labute approximate surface area is 130 Å². The molecular formula is C15H19Cl2NO2. The van der Waals surface area contributed by atoms with Crippen LogP contribution in [0.3, 0.4) is 0 Å². The molecule has 0 bridgehead atoms. The molecule has 2 rings (SSSR count). The van der Waals surface area contributed by atoms with Gasteiger partial charge in [-0.1, -0.05) is 23.7 Å². The summed E-state index contributed by atoms with van der Waals surface area (Å²) >= 11 is 5.96. The van der Waals surface area contributed by atoms with Crippen LogP contribution in [0.5, 0.6) is 0 Å². The lowest BCUT2D eigenvalue weighted by Gasteiger charge is -2.22. The van der Waals surface area contributed by atoms with Gasteiger partial charge in [-0.15, -0.1) is 12.4 Å². The molecule has 0 unspecified atom stereocenters. The highest BCUT2D eigenvalue weighted by molar-refractivity contribution is 6.30. The van der Waals surface area contributed by atoms with Gasteiger partial charge in [-0.3, -0.25) is 0 Å². The molecule has 0 aliphatic carbocycles. The van der Waals surface area contributed by atoms with Crippen LogP contribution < -0.4 is 5.32 Å². The molecule has 2 aromatic rings. The van der Waals surface area contributed by atoms with Gasteiger partial charge in [-0.05, 0) is 38.1 Å². The molecule has 0 aliphatic rings. The van der Waals surface area contributed by atoms with E-state index in [1.807, 2.05) is 50.2 Å². The number of hydrogen-bond acceptors (Lipinski definition) is 3. The first-order valence-corrected chi connectivity index (χ1v) is 6.58. The summed E-state index contributed by atoms with van der Waals surface area (Å²) in [6.07, 6.45) is 0. The van der Waals surface area contributed by atoms with Crippen LogP contribution >= 0.6 is 24.0 Å². The van der Waals surface area contributed by atoms with Crippen molar-refractivity contribution in [2.45, 2.75) is 25.9 Å². The van der Waals surface area contributed by atoms with E-state index < -0.39 is 0 Å². The minimum atomic E-state index is -0.316. The van der Waals surface area contributed by atoms with Crippen LogP contribution in [0.2, 0.25) is 5.02 Å². The van der Waals surface area contributed by atoms with Crippen molar-refractivity contribution in [1.29, 1.82) is 0 Å². The van der Waals surface area contributed by atoms with Gasteiger partial charge in [-0.2, -0.15) is 0 Å². The van der Waals surface area contributed by atoms with Gasteiger partial charge in [0.15, 0.2) is 0 Å². The Morgan fingerprint density at radius 2 is 2.00 bits per heavy atom. The highest BCUT2D eigenvalue weighted by Gasteiger charge is 2.16. The monoisotopic (exact) mass is 315 g/mol. The predicted octanol–water partition coefficient (Wildman–Crippen LogP) is 3.88. The lowest BCUT2D eigenvalue weighted by Crippen LogP contribution is -2.41. The average molecular weight is 316 g/mol. The number of rotatable bonds is 5. The molecule has 3 nitrogen and oxygen atoms in total. The third kappa shape index (κ3) is 4.53. The largest absolute Gasteiger partial charge is 0.460 e. The minimum Gasteiger partial charge on any atom is -0.460 e. The molecule has 20 heavy (non-hydrogen) atoms. The molecule has 0 aliphatic heterocycles. The molecule has 0 amide bonds. The van der Waals surface area contributed by atoms with Crippen LogP contribution in [0.15, 0.2) is 40.8 Å². The Kier molecular flexibility index (Phi) is 6.08. The van der Waals surface area contributed by atoms with Crippen LogP contribution in [0, 0.1) is 0 Å². The number of halogens is 2. The van der Waals surface area contributed by atoms with Crippen molar-refractivity contribution < 1.29 is 9.52 Å². The van der Waals surface area contributed by atoms with Crippen molar-refractivity contribution in [3.05, 3.63) is 47.2 Å². The fourth-order valence-electron chi connectivity index (χ4n) is 1.65. The number of hydrogen-bond donors (Lipinski definition) is 2. The maximum absolute atomic E-state index is 9.18. The molecular weight excluding hydrogens is 297 g/mol. The second kappa shape index (κ2) is 7.14. The van der Waals surface area contributed by atoms with Gasteiger partial charge in [0.05, 0.1) is 13.2 Å². The SMILES string of the molecule is CC(C)(CO)NCc1ccc(-c2cccc(Cl)c2)o1.Cl. The number of furan rings is 1. The molecule has 1 heterocycles. The topological polar surface area (TPSA) is 45.4 Å². The van der Waals surface area contributed by atoms with Crippen molar-refractivity contribution in [1.82, 2.24) is 5.32 Å². The number of aliphatic hydroxyl groups excluding tert-OH is 1. The Morgan fingerprint density at radius 3 is 2.65 bits per heavy atom. The van der Waals surface area contributed by atoms with Crippen molar-refractivity contribution >= 4 is 24.0 Å². The summed E-state index contributed by atoms with van der Waals surface area (Å²) in [5.74, 6) is 1.62. The molecule has 0 spiro atoms. The van der Waals surface area contributed by atoms with Gasteiger partial charge in [-0.25, -0.2) is 0 Å². The van der Waals surface area contributed by atoms with Crippen LogP contribution in [-0.2, 0) is 6.54 Å². The van der Waals surface area contributed by atoms with Gasteiger partial charge < -0.3 is 14.8 Å². The molecule has 0 saturated heterocycles. The summed E-state index contributed by atoms with van der Waals surface area (Å²) in [4.78, 5) is 0. The Balaban J connectivity index is 0.00000200. The molecule has 0 atom stereocenters. The van der Waals surface area contributed by atoms with E-state index in [0.29, 0.717) is 11.6 Å². The predicted molar refractivity (Wildman–Crippen MR) is 84.4 cm³/mol. The summed E-state index contributed by atoms with van der Waals surface area (Å²) in [7, 11) is 0. The zero-order chi connectivity index (χ0) is 13.9. The summed E-state index contributed by atoms with van der Waals surface area (Å²) in [6, 6.07) is 11.4. The van der Waals surface area contributed by atoms with E-state index in [1.165, 1.54) is 0 Å². The minimum absolute atomic E-state index is 0. The van der Waals surface area contributed by atoms with Gasteiger partial charge in [0.2, 0.25) is 0 Å². The summed E-state index contributed by atoms with van der Waals surface area (Å²) in [5, 5.41) is 13.1. The van der Waals surface area contributed by atoms with E-state index in [2.05, 4.69) is 5.32 Å². The van der Waals surface area contributed by atoms with E-state index in [-0.39, 0.29) is 24.6 Å². The zero-order valence-corrected chi connectivity index (χ0v) is 13.1. The lowest BCUT2D eigenvalue weighted by molar-refractivity contribution is 0.184. The second-order valence-corrected chi connectivity index (χ2v) is 5.61. The first-order valence-electron chi connectivity index (χ1n) is 6.21. The van der Waals surface area contributed by atoms with Crippen molar-refractivity contribution in [2.24, 2.45) is 0 Å². The average Bonchev–Trinajstić information content (AvgIpc) is 2.85. The highest BCUT2D eigenvalue weighted by Crippen LogP contribution is 2.24. The van der Waals surface area contributed by atoms with Crippen LogP contribution in [-0.4, -0.2) is 17.3 Å². The number of nitrogens with one attached hydrogen (secondary N) is 1. The second-order valence-electron chi connectivity index (χ2n) is 5.17. The third-order valence-electron chi connectivity index (χ3n) is 2.91. The molecule has 5 heteroatoms. The Hall–Kier alpha value is -1.000. The van der Waals surface area contributed by atoms with Gasteiger partial charge in [0, 0.05) is 16.1 Å². The molecule has 0 fully saturated rings. The zero-order valence-electron chi connectivity index (χ0n) is 11.5. The van der Waals surface area contributed by atoms with Crippen LogP contribution in [0.4, 0.5) is 0 Å². The number of aliphatic hydroxyl groups is 1. The summed E-state index contributed by atoms with van der Waals surface area (Å²) < 4.78 is 5.76. The van der Waals surface area contributed by atoms with Crippen molar-refractivity contribution in [2.75, 3.05) is 6.61 Å². The highest BCUT2D eigenvalue weighted by atomic mass is 35.5. The molecule has 2 N–H and O–H groups in total. The molecule has 0 radical (unpaired) electrons. The van der Waals surface area contributed by atoms with Crippen molar-refractivity contribution in [3.8, 4) is 11.3 Å². The van der Waals surface area contributed by atoms with E-state index in [0.717, 1.165) is 17.1 Å². The normalized spacial score (nSPS) is 11.2. The Morgan fingerprint density at radius 1 is 1.25 bits per heavy atom. The van der Waals surface area contributed by atoms with Crippen LogP contribution in [0.25, 0.3) is 11.3 Å². The molecule has 1 aromatic carbocycles. The van der Waals surface area contributed by atoms with Gasteiger partial charge in [0.1, 0.15) is 11.5 Å². The standard InChI is InChI=1S/C15H18ClNO2.ClH/c1-15(2,10-18)17-9-13-6-7-14(19-13)11-4-3-5-12(16)8-11;/h3-8,17-18H,9-10H2,1-2H3;1H. The lowest BCUT2D eigenvalue weighted by atomic mass is 10.1. The molecule has 0 saturated carbocycles. The molecule has 110 valence electrons. The van der Waals surface area contributed by atoms with E-state index in [4.69, 9.17) is 16.0 Å². The fourth-order valence-corrected chi connectivity index (χ4v) is 1.84. The van der Waals surface area contributed by atoms with Gasteiger partial charge >= 0.3 is 0 Å².